The highest BCUT2D eigenvalue weighted by Gasteiger charge is 2.34. The number of rotatable bonds is 5. The van der Waals surface area contributed by atoms with Crippen molar-refractivity contribution in [1.29, 1.82) is 0 Å². The standard InChI is InChI=1S/C16H24N2O3S/c1-13-4-2-7-17-16(13)11-18(10-15-5-3-8-21-15)14-6-9-22(19,20)12-14/h2,4,7,14-15H,3,5-6,8-12H2,1H3/t14-,15+/m0/s1. The van der Waals surface area contributed by atoms with Crippen molar-refractivity contribution in [2.45, 2.75) is 44.9 Å². The Labute approximate surface area is 132 Å². The second-order valence-corrected chi connectivity index (χ2v) is 8.62. The van der Waals surface area contributed by atoms with Gasteiger partial charge in [-0.15, -0.1) is 0 Å². The molecule has 0 N–H and O–H groups in total. The van der Waals surface area contributed by atoms with Crippen molar-refractivity contribution >= 4 is 9.84 Å². The monoisotopic (exact) mass is 324 g/mol. The average molecular weight is 324 g/mol. The van der Waals surface area contributed by atoms with Crippen molar-refractivity contribution in [3.8, 4) is 0 Å². The smallest absolute Gasteiger partial charge is 0.151 e. The molecule has 2 aliphatic rings. The van der Waals surface area contributed by atoms with Crippen molar-refractivity contribution in [3.05, 3.63) is 29.6 Å². The summed E-state index contributed by atoms with van der Waals surface area (Å²) in [5.41, 5.74) is 2.19. The maximum Gasteiger partial charge on any atom is 0.151 e. The maximum atomic E-state index is 11.8. The molecule has 2 fully saturated rings. The largest absolute Gasteiger partial charge is 0.377 e. The summed E-state index contributed by atoms with van der Waals surface area (Å²) >= 11 is 0. The number of pyridine rings is 1. The number of hydrogen-bond acceptors (Lipinski definition) is 5. The minimum absolute atomic E-state index is 0.0932. The van der Waals surface area contributed by atoms with E-state index in [4.69, 9.17) is 4.74 Å². The molecule has 3 rings (SSSR count). The first-order valence-electron chi connectivity index (χ1n) is 8.00. The Balaban J connectivity index is 1.75. The lowest BCUT2D eigenvalue weighted by Gasteiger charge is -2.30. The number of nitrogens with zero attached hydrogens (tertiary/aromatic N) is 2. The topological polar surface area (TPSA) is 59.5 Å². The molecule has 1 aromatic heterocycles. The lowest BCUT2D eigenvalue weighted by atomic mass is 10.1. The zero-order chi connectivity index (χ0) is 15.6. The van der Waals surface area contributed by atoms with Crippen LogP contribution in [0.2, 0.25) is 0 Å². The lowest BCUT2D eigenvalue weighted by Crippen LogP contribution is -2.41. The van der Waals surface area contributed by atoms with Crippen LogP contribution in [0.15, 0.2) is 18.3 Å². The molecule has 22 heavy (non-hydrogen) atoms. The molecule has 2 atom stereocenters. The van der Waals surface area contributed by atoms with Gasteiger partial charge in [0.1, 0.15) is 0 Å². The van der Waals surface area contributed by atoms with Crippen LogP contribution >= 0.6 is 0 Å². The van der Waals surface area contributed by atoms with Gasteiger partial charge in [-0.25, -0.2) is 8.42 Å². The van der Waals surface area contributed by atoms with E-state index in [0.29, 0.717) is 12.3 Å². The molecule has 0 saturated carbocycles. The van der Waals surface area contributed by atoms with Gasteiger partial charge in [-0.1, -0.05) is 6.07 Å². The van der Waals surface area contributed by atoms with Crippen LogP contribution in [-0.2, 0) is 21.1 Å². The van der Waals surface area contributed by atoms with E-state index in [9.17, 15) is 8.42 Å². The number of ether oxygens (including phenoxy) is 1. The molecule has 0 aliphatic carbocycles. The van der Waals surface area contributed by atoms with Crippen LogP contribution in [0.25, 0.3) is 0 Å². The van der Waals surface area contributed by atoms with Gasteiger partial charge < -0.3 is 4.74 Å². The molecule has 122 valence electrons. The Hall–Kier alpha value is -0.980. The first kappa shape index (κ1) is 15.9. The van der Waals surface area contributed by atoms with Crippen molar-refractivity contribution in [2.24, 2.45) is 0 Å². The van der Waals surface area contributed by atoms with Gasteiger partial charge in [0.2, 0.25) is 0 Å². The van der Waals surface area contributed by atoms with Gasteiger partial charge in [-0.05, 0) is 37.8 Å². The molecule has 0 bridgehead atoms. The predicted molar refractivity (Wildman–Crippen MR) is 85.4 cm³/mol. The van der Waals surface area contributed by atoms with E-state index in [2.05, 4.69) is 22.9 Å². The number of aromatic nitrogens is 1. The number of hydrogen-bond donors (Lipinski definition) is 0. The van der Waals surface area contributed by atoms with Gasteiger partial charge in [0.15, 0.2) is 9.84 Å². The van der Waals surface area contributed by atoms with E-state index in [0.717, 1.165) is 43.7 Å². The maximum absolute atomic E-state index is 11.8. The quantitative estimate of drug-likeness (QED) is 0.822. The molecule has 3 heterocycles. The highest BCUT2D eigenvalue weighted by atomic mass is 32.2. The first-order chi connectivity index (χ1) is 10.5. The van der Waals surface area contributed by atoms with Gasteiger partial charge in [-0.2, -0.15) is 0 Å². The minimum atomic E-state index is -2.88. The SMILES string of the molecule is Cc1cccnc1CN(C[C@H]1CCCO1)[C@H]1CCS(=O)(=O)C1. The van der Waals surface area contributed by atoms with Gasteiger partial charge in [0, 0.05) is 31.9 Å². The average Bonchev–Trinajstić information content (AvgIpc) is 3.10. The summed E-state index contributed by atoms with van der Waals surface area (Å²) < 4.78 is 29.4. The van der Waals surface area contributed by atoms with Crippen LogP contribution in [0.5, 0.6) is 0 Å². The fourth-order valence-corrected chi connectivity index (χ4v) is 5.09. The third-order valence-corrected chi connectivity index (χ3v) is 6.41. The third-order valence-electron chi connectivity index (χ3n) is 4.66. The molecule has 2 aliphatic heterocycles. The van der Waals surface area contributed by atoms with Crippen LogP contribution < -0.4 is 0 Å². The summed E-state index contributed by atoms with van der Waals surface area (Å²) in [5, 5.41) is 0. The van der Waals surface area contributed by atoms with Gasteiger partial charge in [0.25, 0.3) is 0 Å². The summed E-state index contributed by atoms with van der Waals surface area (Å²) in [5.74, 6) is 0.576. The molecule has 5 nitrogen and oxygen atoms in total. The van der Waals surface area contributed by atoms with Crippen LogP contribution in [-0.4, -0.2) is 55.1 Å². The van der Waals surface area contributed by atoms with Crippen molar-refractivity contribution in [1.82, 2.24) is 9.88 Å². The fourth-order valence-electron chi connectivity index (χ4n) is 3.33. The zero-order valence-corrected chi connectivity index (χ0v) is 13.9. The molecule has 1 aromatic rings. The van der Waals surface area contributed by atoms with E-state index < -0.39 is 9.84 Å². The molecular formula is C16H24N2O3S. The van der Waals surface area contributed by atoms with E-state index in [1.165, 1.54) is 0 Å². The zero-order valence-electron chi connectivity index (χ0n) is 13.1. The second kappa shape index (κ2) is 6.64. The Morgan fingerprint density at radius 3 is 2.91 bits per heavy atom. The molecule has 0 unspecified atom stereocenters. The fraction of sp³-hybridized carbons (Fsp3) is 0.688. The van der Waals surface area contributed by atoms with Crippen LogP contribution in [0.4, 0.5) is 0 Å². The summed E-state index contributed by atoms with van der Waals surface area (Å²) in [4.78, 5) is 6.74. The minimum Gasteiger partial charge on any atom is -0.377 e. The highest BCUT2D eigenvalue weighted by molar-refractivity contribution is 7.91. The number of sulfone groups is 1. The summed E-state index contributed by atoms with van der Waals surface area (Å²) in [7, 11) is -2.88. The molecule has 0 aromatic carbocycles. The molecule has 0 radical (unpaired) electrons. The summed E-state index contributed by atoms with van der Waals surface area (Å²) in [6, 6.07) is 4.08. The predicted octanol–water partition coefficient (Wildman–Crippen LogP) is 1.56. The van der Waals surface area contributed by atoms with Crippen molar-refractivity contribution in [3.63, 3.8) is 0 Å². The molecule has 2 saturated heterocycles. The lowest BCUT2D eigenvalue weighted by molar-refractivity contribution is 0.0568. The van der Waals surface area contributed by atoms with E-state index in [1.807, 2.05) is 6.07 Å². The second-order valence-electron chi connectivity index (χ2n) is 6.39. The van der Waals surface area contributed by atoms with E-state index >= 15 is 0 Å². The van der Waals surface area contributed by atoms with Crippen molar-refractivity contribution in [2.75, 3.05) is 24.7 Å². The molecule has 0 amide bonds. The molecular weight excluding hydrogens is 300 g/mol. The third kappa shape index (κ3) is 3.86. The van der Waals surface area contributed by atoms with Gasteiger partial charge in [-0.3, -0.25) is 9.88 Å². The number of aryl methyl sites for hydroxylation is 1. The first-order valence-corrected chi connectivity index (χ1v) is 9.82. The van der Waals surface area contributed by atoms with Gasteiger partial charge >= 0.3 is 0 Å². The van der Waals surface area contributed by atoms with Crippen molar-refractivity contribution < 1.29 is 13.2 Å². The Morgan fingerprint density at radius 2 is 2.27 bits per heavy atom. The summed E-state index contributed by atoms with van der Waals surface area (Å²) in [6.45, 7) is 4.38. The molecule has 6 heteroatoms. The van der Waals surface area contributed by atoms with Crippen LogP contribution in [0.3, 0.4) is 0 Å². The normalized spacial score (nSPS) is 27.5. The highest BCUT2D eigenvalue weighted by Crippen LogP contribution is 2.23. The Morgan fingerprint density at radius 1 is 1.41 bits per heavy atom. The Bertz CT molecular complexity index is 612. The van der Waals surface area contributed by atoms with Gasteiger partial charge in [0.05, 0.1) is 23.3 Å². The molecule has 0 spiro atoms. The van der Waals surface area contributed by atoms with Crippen LogP contribution in [0, 0.1) is 6.92 Å². The van der Waals surface area contributed by atoms with E-state index in [-0.39, 0.29) is 17.9 Å². The van der Waals surface area contributed by atoms with E-state index in [1.54, 1.807) is 6.20 Å². The Kier molecular flexibility index (Phi) is 4.80. The summed E-state index contributed by atoms with van der Waals surface area (Å²) in [6.07, 6.45) is 4.92. The van der Waals surface area contributed by atoms with Crippen LogP contribution in [0.1, 0.15) is 30.5 Å².